The van der Waals surface area contributed by atoms with Crippen molar-refractivity contribution in [3.8, 4) is 0 Å². The van der Waals surface area contributed by atoms with Crippen LogP contribution in [-0.2, 0) is 9.53 Å². The highest BCUT2D eigenvalue weighted by Crippen LogP contribution is 2.29. The fourth-order valence-corrected chi connectivity index (χ4v) is 3.06. The number of anilines is 1. The standard InChI is InChI=1S/C19H19ClN2O3/c1-25-12-15(23)11-22-17-8-7-14(20)9-16(17)19(21-10-18(22)24)13-5-3-2-4-6-13/h2-9,15,23H,10-12H2,1H3. The summed E-state index contributed by atoms with van der Waals surface area (Å²) in [6.07, 6.45) is -0.782. The average molecular weight is 359 g/mol. The van der Waals surface area contributed by atoms with Crippen molar-refractivity contribution in [2.45, 2.75) is 6.10 Å². The molecule has 0 fully saturated rings. The number of carbonyl (C=O) groups is 1. The second-order valence-corrected chi connectivity index (χ2v) is 6.24. The number of methoxy groups -OCH3 is 1. The number of aliphatic hydroxyl groups is 1. The molecule has 1 atom stereocenters. The van der Waals surface area contributed by atoms with Gasteiger partial charge in [0.25, 0.3) is 0 Å². The molecule has 25 heavy (non-hydrogen) atoms. The topological polar surface area (TPSA) is 62.1 Å². The van der Waals surface area contributed by atoms with Crippen molar-refractivity contribution >= 4 is 28.9 Å². The normalized spacial score (nSPS) is 15.4. The van der Waals surface area contributed by atoms with Crippen LogP contribution in [0.2, 0.25) is 5.02 Å². The van der Waals surface area contributed by atoms with Gasteiger partial charge in [-0.15, -0.1) is 0 Å². The van der Waals surface area contributed by atoms with E-state index in [2.05, 4.69) is 4.99 Å². The Morgan fingerprint density at radius 3 is 2.76 bits per heavy atom. The lowest BCUT2D eigenvalue weighted by molar-refractivity contribution is -0.117. The van der Waals surface area contributed by atoms with Gasteiger partial charge in [-0.1, -0.05) is 41.9 Å². The van der Waals surface area contributed by atoms with Crippen molar-refractivity contribution in [3.63, 3.8) is 0 Å². The molecule has 5 nitrogen and oxygen atoms in total. The molecular formula is C19H19ClN2O3. The number of hydrogen-bond acceptors (Lipinski definition) is 4. The molecule has 0 bridgehead atoms. The Kier molecular flexibility index (Phi) is 5.48. The highest BCUT2D eigenvalue weighted by atomic mass is 35.5. The van der Waals surface area contributed by atoms with Crippen molar-refractivity contribution < 1.29 is 14.6 Å². The monoisotopic (exact) mass is 358 g/mol. The minimum absolute atomic E-state index is 0.0101. The van der Waals surface area contributed by atoms with Gasteiger partial charge in [-0.05, 0) is 18.2 Å². The third-order valence-electron chi connectivity index (χ3n) is 3.98. The predicted molar refractivity (Wildman–Crippen MR) is 98.6 cm³/mol. The molecule has 1 heterocycles. The molecule has 0 saturated heterocycles. The zero-order valence-corrected chi connectivity index (χ0v) is 14.6. The summed E-state index contributed by atoms with van der Waals surface area (Å²) < 4.78 is 4.97. The van der Waals surface area contributed by atoms with Crippen LogP contribution in [0.4, 0.5) is 5.69 Å². The predicted octanol–water partition coefficient (Wildman–Crippen LogP) is 2.53. The van der Waals surface area contributed by atoms with Crippen molar-refractivity contribution in [3.05, 3.63) is 64.7 Å². The minimum Gasteiger partial charge on any atom is -0.389 e. The van der Waals surface area contributed by atoms with Crippen molar-refractivity contribution in [2.24, 2.45) is 4.99 Å². The van der Waals surface area contributed by atoms with E-state index in [0.717, 1.165) is 16.8 Å². The maximum Gasteiger partial charge on any atom is 0.248 e. The van der Waals surface area contributed by atoms with E-state index < -0.39 is 6.10 Å². The van der Waals surface area contributed by atoms with E-state index in [-0.39, 0.29) is 25.6 Å². The summed E-state index contributed by atoms with van der Waals surface area (Å²) in [5.74, 6) is -0.176. The second-order valence-electron chi connectivity index (χ2n) is 5.81. The number of nitrogens with zero attached hydrogens (tertiary/aromatic N) is 2. The number of carbonyl (C=O) groups excluding carboxylic acids is 1. The van der Waals surface area contributed by atoms with Gasteiger partial charge in [0.15, 0.2) is 0 Å². The lowest BCUT2D eigenvalue weighted by Crippen LogP contribution is -2.40. The Bertz CT molecular complexity index is 793. The van der Waals surface area contributed by atoms with E-state index in [1.807, 2.05) is 30.3 Å². The molecule has 130 valence electrons. The van der Waals surface area contributed by atoms with E-state index in [1.165, 1.54) is 7.11 Å². The summed E-state index contributed by atoms with van der Waals surface area (Å²) in [5, 5.41) is 10.7. The number of fused-ring (bicyclic) bond motifs is 1. The Labute approximate surface area is 151 Å². The maximum atomic E-state index is 12.6. The molecule has 1 unspecified atom stereocenters. The molecule has 1 aliphatic rings. The zero-order chi connectivity index (χ0) is 17.8. The van der Waals surface area contributed by atoms with E-state index in [9.17, 15) is 9.90 Å². The molecule has 2 aromatic rings. The van der Waals surface area contributed by atoms with Gasteiger partial charge in [0.05, 0.1) is 30.7 Å². The molecule has 6 heteroatoms. The zero-order valence-electron chi connectivity index (χ0n) is 13.9. The highest BCUT2D eigenvalue weighted by Gasteiger charge is 2.27. The fourth-order valence-electron chi connectivity index (χ4n) is 2.88. The Balaban J connectivity index is 2.07. The van der Waals surface area contributed by atoms with Gasteiger partial charge in [-0.3, -0.25) is 9.79 Å². The largest absolute Gasteiger partial charge is 0.389 e. The molecule has 0 aromatic heterocycles. The van der Waals surface area contributed by atoms with Crippen LogP contribution in [-0.4, -0.2) is 49.6 Å². The Morgan fingerprint density at radius 1 is 1.28 bits per heavy atom. The van der Waals surface area contributed by atoms with Gasteiger partial charge in [-0.2, -0.15) is 0 Å². The average Bonchev–Trinajstić information content (AvgIpc) is 2.73. The number of amides is 1. The first-order valence-electron chi connectivity index (χ1n) is 7.97. The Morgan fingerprint density at radius 2 is 2.04 bits per heavy atom. The van der Waals surface area contributed by atoms with Gasteiger partial charge in [0, 0.05) is 23.3 Å². The van der Waals surface area contributed by atoms with Crippen LogP contribution < -0.4 is 4.90 Å². The molecule has 1 aliphatic heterocycles. The van der Waals surface area contributed by atoms with Crippen LogP contribution in [0.15, 0.2) is 53.5 Å². The molecular weight excluding hydrogens is 340 g/mol. The van der Waals surface area contributed by atoms with E-state index in [4.69, 9.17) is 16.3 Å². The summed E-state index contributed by atoms with van der Waals surface area (Å²) >= 11 is 6.19. The molecule has 0 aliphatic carbocycles. The second kappa shape index (κ2) is 7.78. The number of rotatable bonds is 5. The van der Waals surface area contributed by atoms with Gasteiger partial charge in [0.1, 0.15) is 6.54 Å². The molecule has 3 rings (SSSR count). The van der Waals surface area contributed by atoms with Crippen LogP contribution in [0.5, 0.6) is 0 Å². The number of benzodiazepines with no additional fused rings is 1. The summed E-state index contributed by atoms with van der Waals surface area (Å²) in [7, 11) is 1.51. The third kappa shape index (κ3) is 3.90. The molecule has 0 spiro atoms. The number of aliphatic imine (C=N–C) groups is 1. The van der Waals surface area contributed by atoms with Gasteiger partial charge >= 0.3 is 0 Å². The number of benzene rings is 2. The number of ether oxygens (including phenoxy) is 1. The van der Waals surface area contributed by atoms with Crippen molar-refractivity contribution in [1.82, 2.24) is 0 Å². The summed E-state index contributed by atoms with van der Waals surface area (Å²) in [4.78, 5) is 18.7. The lowest BCUT2D eigenvalue weighted by Gasteiger charge is -2.25. The van der Waals surface area contributed by atoms with Gasteiger partial charge in [-0.25, -0.2) is 0 Å². The Hall–Kier alpha value is -2.21. The van der Waals surface area contributed by atoms with Crippen molar-refractivity contribution in [1.29, 1.82) is 0 Å². The minimum atomic E-state index is -0.782. The van der Waals surface area contributed by atoms with E-state index in [1.54, 1.807) is 23.1 Å². The van der Waals surface area contributed by atoms with Crippen LogP contribution in [0, 0.1) is 0 Å². The number of halogens is 1. The van der Waals surface area contributed by atoms with Gasteiger partial charge < -0.3 is 14.7 Å². The lowest BCUT2D eigenvalue weighted by atomic mass is 10.00. The maximum absolute atomic E-state index is 12.6. The smallest absolute Gasteiger partial charge is 0.248 e. The first-order chi connectivity index (χ1) is 12.1. The van der Waals surface area contributed by atoms with E-state index >= 15 is 0 Å². The quantitative estimate of drug-likeness (QED) is 0.893. The number of aliphatic hydroxyl groups excluding tert-OH is 1. The SMILES string of the molecule is COCC(O)CN1C(=O)CN=C(c2ccccc2)c2cc(Cl)ccc21. The molecule has 1 amide bonds. The summed E-state index contributed by atoms with van der Waals surface area (Å²) in [6.45, 7) is 0.300. The molecule has 2 aromatic carbocycles. The molecule has 1 N–H and O–H groups in total. The highest BCUT2D eigenvalue weighted by molar-refractivity contribution is 6.32. The molecule has 0 radical (unpaired) electrons. The first-order valence-corrected chi connectivity index (χ1v) is 8.35. The third-order valence-corrected chi connectivity index (χ3v) is 4.21. The van der Waals surface area contributed by atoms with Gasteiger partial charge in [0.2, 0.25) is 5.91 Å². The number of hydrogen-bond donors (Lipinski definition) is 1. The number of β-amino-alcohol motifs (C(OH)–C–C–N with tert-alkyl or cyclic N) is 1. The van der Waals surface area contributed by atoms with Crippen LogP contribution in [0.3, 0.4) is 0 Å². The summed E-state index contributed by atoms with van der Waals surface area (Å²) in [6, 6.07) is 15.0. The van der Waals surface area contributed by atoms with Crippen LogP contribution in [0.25, 0.3) is 0 Å². The van der Waals surface area contributed by atoms with E-state index in [0.29, 0.717) is 10.7 Å². The first kappa shape index (κ1) is 17.6. The van der Waals surface area contributed by atoms with Crippen molar-refractivity contribution in [2.75, 3.05) is 31.7 Å². The fraction of sp³-hybridized carbons (Fsp3) is 0.263. The summed E-state index contributed by atoms with van der Waals surface area (Å²) in [5.41, 5.74) is 3.09. The van der Waals surface area contributed by atoms with Crippen LogP contribution >= 0.6 is 11.6 Å². The van der Waals surface area contributed by atoms with Crippen LogP contribution in [0.1, 0.15) is 11.1 Å². The molecule has 0 saturated carbocycles.